The number of ether oxygens (including phenoxy) is 2. The average molecular weight is 887 g/mol. The van der Waals surface area contributed by atoms with E-state index in [1.54, 1.807) is 56.7 Å². The van der Waals surface area contributed by atoms with E-state index in [2.05, 4.69) is 0 Å². The summed E-state index contributed by atoms with van der Waals surface area (Å²) in [7, 11) is 3.13. The molecule has 2 aliphatic heterocycles. The minimum absolute atomic E-state index is 0. The van der Waals surface area contributed by atoms with Gasteiger partial charge in [0.05, 0.1) is 37.0 Å². The Kier molecular flexibility index (Phi) is 9.41. The second-order valence-corrected chi connectivity index (χ2v) is 14.9. The Morgan fingerprint density at radius 1 is 0.397 bits per heavy atom. The minimum Gasteiger partial charge on any atom is -0.657 e. The Bertz CT molecular complexity index is 3590. The third-order valence-corrected chi connectivity index (χ3v) is 11.3. The van der Waals surface area contributed by atoms with Gasteiger partial charge in [-0.05, 0) is 135 Å². The molecule has 310 valence electrons. The number of nitrogens with zero attached hydrogens (tertiary/aromatic N) is 4. The third kappa shape index (κ3) is 6.41. The average Bonchev–Trinajstić information content (AvgIpc) is 4.07. The molecule has 11 rings (SSSR count). The van der Waals surface area contributed by atoms with Gasteiger partial charge in [0.15, 0.2) is 0 Å². The van der Waals surface area contributed by atoms with Gasteiger partial charge in [-0.25, -0.2) is 36.3 Å². The molecule has 0 atom stereocenters. The number of fused-ring (bicyclic) bond motifs is 10. The van der Waals surface area contributed by atoms with Gasteiger partial charge >= 0.3 is 16.5 Å². The molecular formula is C50H26F6N4NiO2. The summed E-state index contributed by atoms with van der Waals surface area (Å²) in [6.07, 6.45) is 6.72. The fourth-order valence-electron chi connectivity index (χ4n) is 8.84. The van der Waals surface area contributed by atoms with Crippen LogP contribution in [0.15, 0.2) is 97.1 Å². The molecule has 0 unspecified atom stereocenters. The van der Waals surface area contributed by atoms with Crippen LogP contribution in [0.5, 0.6) is 11.5 Å². The van der Waals surface area contributed by atoms with Crippen molar-refractivity contribution in [2.45, 2.75) is 0 Å². The number of methoxy groups -OCH3 is 2. The van der Waals surface area contributed by atoms with Crippen molar-refractivity contribution in [2.75, 3.05) is 14.2 Å². The maximum atomic E-state index is 15.2. The summed E-state index contributed by atoms with van der Waals surface area (Å²) in [5.41, 5.74) is 3.44. The normalized spacial score (nSPS) is 12.2. The van der Waals surface area contributed by atoms with Crippen molar-refractivity contribution in [2.24, 2.45) is 0 Å². The van der Waals surface area contributed by atoms with Crippen molar-refractivity contribution >= 4 is 78.7 Å². The number of benzene rings is 6. The monoisotopic (exact) mass is 886 g/mol. The van der Waals surface area contributed by atoms with E-state index < -0.39 is 34.9 Å². The van der Waals surface area contributed by atoms with E-state index in [0.717, 1.165) is 46.5 Å². The SMILES string of the molecule is COc1ccc2c3c4nc(c(-c5cc(F)cc(F)c5)c5ccc([n-]5)c(-c5cc(F)cc(F)c5)c5nc(c(-c6cc(F)cc(F)c6)c6cc(c3[n-]6)c3c(OC)ccc1c23)C=C5)C=C4.[Ni+2]. The molecule has 63 heavy (non-hydrogen) atoms. The van der Waals surface area contributed by atoms with Crippen LogP contribution < -0.4 is 19.4 Å². The molecule has 0 radical (unpaired) electrons. The van der Waals surface area contributed by atoms with E-state index in [1.165, 1.54) is 24.3 Å². The first-order chi connectivity index (χ1) is 30.0. The summed E-state index contributed by atoms with van der Waals surface area (Å²) in [6, 6.07) is 21.7. The van der Waals surface area contributed by atoms with Gasteiger partial charge in [-0.2, -0.15) is 0 Å². The van der Waals surface area contributed by atoms with E-state index in [0.29, 0.717) is 44.6 Å². The zero-order chi connectivity index (χ0) is 42.6. The zero-order valence-corrected chi connectivity index (χ0v) is 33.7. The molecular weight excluding hydrogens is 861 g/mol. The van der Waals surface area contributed by atoms with Crippen LogP contribution in [0.4, 0.5) is 26.3 Å². The topological polar surface area (TPSA) is 72.4 Å². The zero-order valence-electron chi connectivity index (χ0n) is 32.7. The van der Waals surface area contributed by atoms with Gasteiger partial charge in [0, 0.05) is 34.4 Å². The van der Waals surface area contributed by atoms with E-state index in [9.17, 15) is 0 Å². The first-order valence-electron chi connectivity index (χ1n) is 19.2. The van der Waals surface area contributed by atoms with E-state index >= 15 is 26.3 Å². The van der Waals surface area contributed by atoms with Gasteiger partial charge in [-0.3, -0.25) is 0 Å². The van der Waals surface area contributed by atoms with Gasteiger partial charge in [0.1, 0.15) is 46.4 Å². The number of aromatic nitrogens is 4. The molecule has 0 saturated heterocycles. The quantitative estimate of drug-likeness (QED) is 0.127. The molecule has 5 heterocycles. The van der Waals surface area contributed by atoms with Crippen molar-refractivity contribution in [3.05, 3.63) is 155 Å². The van der Waals surface area contributed by atoms with Crippen molar-refractivity contribution in [3.63, 3.8) is 0 Å². The van der Waals surface area contributed by atoms with E-state index in [1.807, 2.05) is 24.3 Å². The largest absolute Gasteiger partial charge is 2.00 e. The predicted molar refractivity (Wildman–Crippen MR) is 230 cm³/mol. The van der Waals surface area contributed by atoms with Gasteiger partial charge in [0.2, 0.25) is 0 Å². The second-order valence-electron chi connectivity index (χ2n) is 14.9. The Morgan fingerprint density at radius 3 is 1.32 bits per heavy atom. The Hall–Kier alpha value is -7.37. The van der Waals surface area contributed by atoms with Crippen LogP contribution in [0.25, 0.3) is 112 Å². The van der Waals surface area contributed by atoms with Crippen molar-refractivity contribution in [1.29, 1.82) is 0 Å². The first-order valence-corrected chi connectivity index (χ1v) is 19.2. The van der Waals surface area contributed by atoms with Gasteiger partial charge < -0.3 is 19.4 Å². The van der Waals surface area contributed by atoms with Crippen LogP contribution in [0.3, 0.4) is 0 Å². The number of hydrogen-bond donors (Lipinski definition) is 0. The van der Waals surface area contributed by atoms with Crippen molar-refractivity contribution in [3.8, 4) is 44.9 Å². The first kappa shape index (κ1) is 39.8. The summed E-state index contributed by atoms with van der Waals surface area (Å²) >= 11 is 0. The smallest absolute Gasteiger partial charge is 0.657 e. The molecule has 0 saturated carbocycles. The predicted octanol–water partition coefficient (Wildman–Crippen LogP) is 12.7. The van der Waals surface area contributed by atoms with Gasteiger partial charge in [0.25, 0.3) is 0 Å². The Labute approximate surface area is 363 Å². The molecule has 13 heteroatoms. The van der Waals surface area contributed by atoms with Crippen LogP contribution in [-0.2, 0) is 16.5 Å². The number of rotatable bonds is 5. The van der Waals surface area contributed by atoms with E-state index in [-0.39, 0.29) is 77.8 Å². The summed E-state index contributed by atoms with van der Waals surface area (Å²) in [5, 5.41) is 4.12. The number of hydrogen-bond acceptors (Lipinski definition) is 4. The second kappa shape index (κ2) is 14.9. The third-order valence-electron chi connectivity index (χ3n) is 11.3. The van der Waals surface area contributed by atoms with Crippen molar-refractivity contribution in [1.82, 2.24) is 19.9 Å². The molecule has 0 fully saturated rings. The standard InChI is InChI=1S/C50H26F6N4O2.Ni/c1-61-42-11-4-33-47-32(42)3-12-43(62-2)49(47)34-22-41-46(25-17-30(55)21-31(56)18-25)39-8-7-37(58-39)44(23-13-26(51)19-27(52)14-23)35-5-6-36(57-35)45(24-15-28(53)20-29(54)16-24)38-9-10-40(59-38)48(33)50(34)60-41;/h3-22H,1-2H3;/q-2;+2. The number of halogens is 6. The van der Waals surface area contributed by atoms with Crippen LogP contribution in [0.1, 0.15) is 22.8 Å². The molecule has 3 aromatic heterocycles. The minimum atomic E-state index is -0.862. The summed E-state index contributed by atoms with van der Waals surface area (Å²) in [6.45, 7) is 0. The summed E-state index contributed by atoms with van der Waals surface area (Å²) < 4.78 is 102. The van der Waals surface area contributed by atoms with Crippen LogP contribution in [0, 0.1) is 34.9 Å². The van der Waals surface area contributed by atoms with Gasteiger partial charge in [-0.15, -0.1) is 22.1 Å². The Morgan fingerprint density at radius 2 is 0.825 bits per heavy atom. The fraction of sp³-hybridized carbons (Fsp3) is 0.0400. The van der Waals surface area contributed by atoms with Crippen LogP contribution in [0.2, 0.25) is 0 Å². The maximum absolute atomic E-state index is 15.2. The van der Waals surface area contributed by atoms with Gasteiger partial charge in [-0.1, -0.05) is 18.2 Å². The molecule has 8 bridgehead atoms. The molecule has 9 aromatic rings. The summed E-state index contributed by atoms with van der Waals surface area (Å²) in [5.74, 6) is -3.95. The molecule has 0 amide bonds. The van der Waals surface area contributed by atoms with Crippen LogP contribution in [-0.4, -0.2) is 24.2 Å². The molecule has 0 aliphatic carbocycles. The van der Waals surface area contributed by atoms with E-state index in [4.69, 9.17) is 29.4 Å². The molecule has 0 N–H and O–H groups in total. The maximum Gasteiger partial charge on any atom is 2.00 e. The molecule has 0 spiro atoms. The fourth-order valence-corrected chi connectivity index (χ4v) is 8.84. The molecule has 6 aromatic carbocycles. The van der Waals surface area contributed by atoms with Crippen molar-refractivity contribution < 1.29 is 52.3 Å². The Balaban J connectivity index is 0.00000471. The summed E-state index contributed by atoms with van der Waals surface area (Å²) in [4.78, 5) is 20.2. The molecule has 2 aliphatic rings. The van der Waals surface area contributed by atoms with Crippen LogP contribution >= 0.6 is 0 Å². The molecule has 6 nitrogen and oxygen atoms in total.